The Morgan fingerprint density at radius 2 is 1.63 bits per heavy atom. The number of nitrogens with zero attached hydrogens (tertiary/aromatic N) is 1. The Hall–Kier alpha value is -4.87. The highest BCUT2D eigenvalue weighted by molar-refractivity contribution is 5.95. The van der Waals surface area contributed by atoms with E-state index >= 15 is 0 Å². The predicted molar refractivity (Wildman–Crippen MR) is 171 cm³/mol. The Morgan fingerprint density at radius 1 is 0.935 bits per heavy atom. The maximum Gasteiger partial charge on any atom is 0.408 e. The van der Waals surface area contributed by atoms with E-state index < -0.39 is 59.6 Å². The highest BCUT2D eigenvalue weighted by atomic mass is 16.6. The van der Waals surface area contributed by atoms with E-state index in [1.54, 1.807) is 27.0 Å². The largest absolute Gasteiger partial charge is 0.459 e. The normalized spacial score (nSPS) is 16.6. The third-order valence-corrected chi connectivity index (χ3v) is 7.61. The summed E-state index contributed by atoms with van der Waals surface area (Å²) < 4.78 is 10.7. The molecular weight excluding hydrogens is 590 g/mol. The number of aromatic amines is 1. The second kappa shape index (κ2) is 14.9. The van der Waals surface area contributed by atoms with E-state index in [4.69, 9.17) is 9.47 Å². The van der Waals surface area contributed by atoms with Crippen LogP contribution in [-0.2, 0) is 41.7 Å². The maximum atomic E-state index is 13.5. The van der Waals surface area contributed by atoms with Gasteiger partial charge in [-0.25, -0.2) is 9.59 Å². The van der Waals surface area contributed by atoms with Gasteiger partial charge in [0.15, 0.2) is 0 Å². The molecular formula is C34H43N5O7. The number of nitrogens with one attached hydrogen (secondary N) is 4. The minimum absolute atomic E-state index is 0.0786. The second-order valence-corrected chi connectivity index (χ2v) is 12.5. The van der Waals surface area contributed by atoms with Gasteiger partial charge in [0, 0.05) is 30.1 Å². The van der Waals surface area contributed by atoms with Gasteiger partial charge in [0.1, 0.15) is 36.4 Å². The summed E-state index contributed by atoms with van der Waals surface area (Å²) >= 11 is 0. The molecule has 0 saturated carbocycles. The highest BCUT2D eigenvalue weighted by Gasteiger charge is 2.38. The molecule has 3 aromatic rings. The van der Waals surface area contributed by atoms with Crippen molar-refractivity contribution in [1.82, 2.24) is 25.8 Å². The van der Waals surface area contributed by atoms with Gasteiger partial charge < -0.3 is 35.3 Å². The zero-order valence-corrected chi connectivity index (χ0v) is 26.9. The van der Waals surface area contributed by atoms with Crippen molar-refractivity contribution in [3.05, 3.63) is 71.9 Å². The summed E-state index contributed by atoms with van der Waals surface area (Å²) in [5.74, 6) is -2.09. The number of carbonyl (C=O) groups excluding carboxylic acids is 5. The lowest BCUT2D eigenvalue weighted by molar-refractivity contribution is -0.149. The number of esters is 1. The fraction of sp³-hybridized carbons (Fsp3) is 0.441. The zero-order valence-electron chi connectivity index (χ0n) is 26.9. The molecule has 4 rings (SSSR count). The molecule has 1 fully saturated rings. The van der Waals surface area contributed by atoms with Crippen LogP contribution in [0.15, 0.2) is 60.8 Å². The minimum Gasteiger partial charge on any atom is -0.459 e. The van der Waals surface area contributed by atoms with Gasteiger partial charge in [0.05, 0.1) is 0 Å². The van der Waals surface area contributed by atoms with Gasteiger partial charge in [0.2, 0.25) is 17.7 Å². The van der Waals surface area contributed by atoms with Crippen LogP contribution in [0.4, 0.5) is 4.79 Å². The van der Waals surface area contributed by atoms with Crippen LogP contribution in [0.3, 0.4) is 0 Å². The molecule has 1 aliphatic rings. The summed E-state index contributed by atoms with van der Waals surface area (Å²) in [7, 11) is 0. The summed E-state index contributed by atoms with van der Waals surface area (Å²) in [4.78, 5) is 70.0. The summed E-state index contributed by atoms with van der Waals surface area (Å²) in [6.45, 7) is 8.62. The number of para-hydroxylation sites is 1. The molecule has 0 spiro atoms. The number of benzene rings is 2. The number of hydrogen-bond donors (Lipinski definition) is 4. The smallest absolute Gasteiger partial charge is 0.408 e. The standard InChI is InChI=1S/C34H43N5O7/c1-21(31(42)39-17-11-16-28(39)30(41)37-22(2)32(43)45-20-23-12-7-6-8-13-23)36-29(40)27(38-33(44)46-34(3,4)5)18-24-19-35-26-15-10-9-14-25(24)26/h6-10,12-15,19,21-22,27-28,35H,11,16-18,20H2,1-5H3,(H,36,40)(H,37,41)(H,38,44)/t21-,22-,27+,28+/m1/s1. The van der Waals surface area contributed by atoms with Gasteiger partial charge in [0.25, 0.3) is 0 Å². The molecule has 246 valence electrons. The van der Waals surface area contributed by atoms with Crippen molar-refractivity contribution in [1.29, 1.82) is 0 Å². The number of carbonyl (C=O) groups is 5. The van der Waals surface area contributed by atoms with Crippen molar-refractivity contribution in [2.24, 2.45) is 0 Å². The number of rotatable bonds is 11. The topological polar surface area (TPSA) is 159 Å². The average molecular weight is 634 g/mol. The molecule has 12 nitrogen and oxygen atoms in total. The van der Waals surface area contributed by atoms with Crippen molar-refractivity contribution in [2.75, 3.05) is 6.54 Å². The molecule has 0 radical (unpaired) electrons. The number of H-pyrrole nitrogens is 1. The second-order valence-electron chi connectivity index (χ2n) is 12.5. The molecule has 1 saturated heterocycles. The average Bonchev–Trinajstić information content (AvgIpc) is 3.66. The first-order valence-electron chi connectivity index (χ1n) is 15.5. The number of fused-ring (bicyclic) bond motifs is 1. The summed E-state index contributed by atoms with van der Waals surface area (Å²) in [5, 5.41) is 8.93. The fourth-order valence-corrected chi connectivity index (χ4v) is 5.33. The van der Waals surface area contributed by atoms with Crippen LogP contribution in [0.2, 0.25) is 0 Å². The monoisotopic (exact) mass is 633 g/mol. The SMILES string of the molecule is C[C@@H](NC(=O)[C@@H]1CCCN1C(=O)[C@@H](C)NC(=O)[C@H](Cc1c[nH]c2ccccc12)NC(=O)OC(C)(C)C)C(=O)OCc1ccccc1. The van der Waals surface area contributed by atoms with Gasteiger partial charge in [-0.15, -0.1) is 0 Å². The molecule has 46 heavy (non-hydrogen) atoms. The highest BCUT2D eigenvalue weighted by Crippen LogP contribution is 2.21. The molecule has 0 unspecified atom stereocenters. The van der Waals surface area contributed by atoms with Gasteiger partial charge in [-0.3, -0.25) is 14.4 Å². The maximum absolute atomic E-state index is 13.5. The Labute approximate surface area is 268 Å². The third kappa shape index (κ3) is 9.09. The molecule has 4 N–H and O–H groups in total. The van der Waals surface area contributed by atoms with Crippen molar-refractivity contribution < 1.29 is 33.4 Å². The van der Waals surface area contributed by atoms with E-state index in [2.05, 4.69) is 20.9 Å². The molecule has 1 aliphatic heterocycles. The molecule has 4 atom stereocenters. The molecule has 1 aromatic heterocycles. The van der Waals surface area contributed by atoms with E-state index in [0.717, 1.165) is 22.0 Å². The molecule has 0 bridgehead atoms. The first-order chi connectivity index (χ1) is 21.8. The lowest BCUT2D eigenvalue weighted by atomic mass is 10.0. The number of alkyl carbamates (subject to hydrolysis) is 1. The van der Waals surface area contributed by atoms with Crippen LogP contribution < -0.4 is 16.0 Å². The van der Waals surface area contributed by atoms with Gasteiger partial charge in [-0.05, 0) is 64.7 Å². The number of hydrogen-bond acceptors (Lipinski definition) is 7. The first-order valence-corrected chi connectivity index (χ1v) is 15.5. The van der Waals surface area contributed by atoms with Crippen LogP contribution in [-0.4, -0.2) is 76.0 Å². The van der Waals surface area contributed by atoms with Gasteiger partial charge in [-0.1, -0.05) is 48.5 Å². The number of ether oxygens (including phenoxy) is 2. The molecule has 12 heteroatoms. The van der Waals surface area contributed by atoms with E-state index in [0.29, 0.717) is 19.4 Å². The molecule has 0 aliphatic carbocycles. The van der Waals surface area contributed by atoms with Gasteiger partial charge >= 0.3 is 12.1 Å². The zero-order chi connectivity index (χ0) is 33.4. The number of aromatic nitrogens is 1. The van der Waals surface area contributed by atoms with E-state index in [1.165, 1.54) is 18.7 Å². The van der Waals surface area contributed by atoms with Crippen molar-refractivity contribution in [3.63, 3.8) is 0 Å². The molecule has 4 amide bonds. The summed E-state index contributed by atoms with van der Waals surface area (Å²) in [6.07, 6.45) is 2.15. The Bertz CT molecular complexity index is 1550. The number of likely N-dealkylation sites (tertiary alicyclic amines) is 1. The van der Waals surface area contributed by atoms with Gasteiger partial charge in [-0.2, -0.15) is 0 Å². The molecule has 2 heterocycles. The fourth-order valence-electron chi connectivity index (χ4n) is 5.33. The minimum atomic E-state index is -1.05. The van der Waals surface area contributed by atoms with Crippen molar-refractivity contribution >= 4 is 40.7 Å². The predicted octanol–water partition coefficient (Wildman–Crippen LogP) is 3.35. The summed E-state index contributed by atoms with van der Waals surface area (Å²) in [5.41, 5.74) is 1.73. The van der Waals surface area contributed by atoms with Crippen molar-refractivity contribution in [3.8, 4) is 0 Å². The third-order valence-electron chi connectivity index (χ3n) is 7.61. The lowest BCUT2D eigenvalue weighted by Crippen LogP contribution is -2.57. The van der Waals surface area contributed by atoms with Crippen LogP contribution in [0.5, 0.6) is 0 Å². The Morgan fingerprint density at radius 3 is 2.35 bits per heavy atom. The van der Waals surface area contributed by atoms with E-state index in [1.807, 2.05) is 54.6 Å². The van der Waals surface area contributed by atoms with Crippen LogP contribution >= 0.6 is 0 Å². The van der Waals surface area contributed by atoms with E-state index in [-0.39, 0.29) is 13.0 Å². The Balaban J connectivity index is 1.38. The van der Waals surface area contributed by atoms with Crippen LogP contribution in [0.1, 0.15) is 58.6 Å². The van der Waals surface area contributed by atoms with E-state index in [9.17, 15) is 24.0 Å². The first kappa shape index (κ1) is 34.0. The molecule has 2 aromatic carbocycles. The number of amides is 4. The van der Waals surface area contributed by atoms with Crippen LogP contribution in [0.25, 0.3) is 10.9 Å². The van der Waals surface area contributed by atoms with Crippen molar-refractivity contribution in [2.45, 2.75) is 90.3 Å². The Kier molecular flexibility index (Phi) is 11.0. The van der Waals surface area contributed by atoms with Crippen LogP contribution in [0, 0.1) is 0 Å². The quantitative estimate of drug-likeness (QED) is 0.236. The lowest BCUT2D eigenvalue weighted by Gasteiger charge is -2.29. The summed E-state index contributed by atoms with van der Waals surface area (Å²) in [6, 6.07) is 13.0.